The average molecular weight is 238 g/mol. The molecular formula is C11H14N2O2S. The predicted molar refractivity (Wildman–Crippen MR) is 62.5 cm³/mol. The molecule has 1 N–H and O–H groups in total. The van der Waals surface area contributed by atoms with Gasteiger partial charge < -0.3 is 5.32 Å². The molecule has 0 fully saturated rings. The van der Waals surface area contributed by atoms with Crippen molar-refractivity contribution in [1.82, 2.24) is 10.3 Å². The van der Waals surface area contributed by atoms with E-state index in [-0.39, 0.29) is 17.8 Å². The Kier molecular flexibility index (Phi) is 3.07. The molecule has 0 amide bonds. The molecule has 0 aliphatic carbocycles. The van der Waals surface area contributed by atoms with Gasteiger partial charge in [0.2, 0.25) is 0 Å². The summed E-state index contributed by atoms with van der Waals surface area (Å²) in [5.74, 6) is 0.143. The fraction of sp³-hybridized carbons (Fsp3) is 0.364. The molecule has 1 aromatic rings. The van der Waals surface area contributed by atoms with Crippen LogP contribution in [0.5, 0.6) is 0 Å². The fourth-order valence-electron chi connectivity index (χ4n) is 1.72. The first-order valence-corrected chi connectivity index (χ1v) is 6.86. The van der Waals surface area contributed by atoms with Crippen LogP contribution in [0, 0.1) is 0 Å². The summed E-state index contributed by atoms with van der Waals surface area (Å²) in [6, 6.07) is 5.63. The van der Waals surface area contributed by atoms with E-state index in [0.717, 1.165) is 5.69 Å². The molecule has 4 nitrogen and oxygen atoms in total. The van der Waals surface area contributed by atoms with Gasteiger partial charge >= 0.3 is 0 Å². The summed E-state index contributed by atoms with van der Waals surface area (Å²) in [6.45, 7) is 1.97. The summed E-state index contributed by atoms with van der Waals surface area (Å²) in [5.41, 5.74) is 0.917. The summed E-state index contributed by atoms with van der Waals surface area (Å²) in [4.78, 5) is 4.22. The van der Waals surface area contributed by atoms with Crippen LogP contribution in [0.3, 0.4) is 0 Å². The third kappa shape index (κ3) is 2.68. The smallest absolute Gasteiger partial charge is 0.173 e. The predicted octanol–water partition coefficient (Wildman–Crippen LogP) is 1.04. The molecule has 2 atom stereocenters. The molecule has 0 radical (unpaired) electrons. The zero-order valence-electron chi connectivity index (χ0n) is 9.00. The van der Waals surface area contributed by atoms with Gasteiger partial charge in [-0.15, -0.1) is 0 Å². The molecule has 2 heterocycles. The van der Waals surface area contributed by atoms with E-state index < -0.39 is 9.84 Å². The fourth-order valence-corrected chi connectivity index (χ4v) is 2.97. The van der Waals surface area contributed by atoms with Gasteiger partial charge in [-0.3, -0.25) is 4.98 Å². The zero-order valence-corrected chi connectivity index (χ0v) is 9.81. The molecule has 2 unspecified atom stereocenters. The first-order valence-electron chi connectivity index (χ1n) is 5.15. The minimum Gasteiger partial charge on any atom is -0.301 e. The summed E-state index contributed by atoms with van der Waals surface area (Å²) >= 11 is 0. The van der Waals surface area contributed by atoms with E-state index in [1.54, 1.807) is 12.3 Å². The second kappa shape index (κ2) is 4.35. The van der Waals surface area contributed by atoms with Crippen LogP contribution in [0.2, 0.25) is 0 Å². The molecule has 16 heavy (non-hydrogen) atoms. The standard InChI is InChI=1S/C11H14N2O2S/c1-9(11-4-2-3-6-12-11)13-10-5-7-16(14,15)8-10/h2-7,9-10,13H,8H2,1H3. The maximum Gasteiger partial charge on any atom is 0.173 e. The van der Waals surface area contributed by atoms with Crippen molar-refractivity contribution in [3.05, 3.63) is 41.6 Å². The van der Waals surface area contributed by atoms with Crippen molar-refractivity contribution in [2.24, 2.45) is 0 Å². The van der Waals surface area contributed by atoms with E-state index >= 15 is 0 Å². The van der Waals surface area contributed by atoms with Crippen molar-refractivity contribution in [3.63, 3.8) is 0 Å². The Bertz CT molecular complexity index is 482. The van der Waals surface area contributed by atoms with Crippen molar-refractivity contribution in [2.75, 3.05) is 5.75 Å². The Morgan fingerprint density at radius 3 is 2.88 bits per heavy atom. The number of aromatic nitrogens is 1. The Labute approximate surface area is 95.3 Å². The van der Waals surface area contributed by atoms with Crippen molar-refractivity contribution in [1.29, 1.82) is 0 Å². The van der Waals surface area contributed by atoms with E-state index in [1.165, 1.54) is 5.41 Å². The molecule has 0 bridgehead atoms. The van der Waals surface area contributed by atoms with E-state index in [4.69, 9.17) is 0 Å². The molecule has 0 saturated heterocycles. The number of sulfone groups is 1. The normalized spacial score (nSPS) is 24.4. The molecule has 86 valence electrons. The minimum absolute atomic E-state index is 0.0455. The maximum absolute atomic E-state index is 11.2. The van der Waals surface area contributed by atoms with E-state index in [1.807, 2.05) is 25.1 Å². The topological polar surface area (TPSA) is 59.1 Å². The first kappa shape index (κ1) is 11.3. The molecule has 0 saturated carbocycles. The van der Waals surface area contributed by atoms with Crippen LogP contribution >= 0.6 is 0 Å². The Hall–Kier alpha value is -1.20. The molecule has 1 aliphatic rings. The summed E-state index contributed by atoms with van der Waals surface area (Å²) in [7, 11) is -2.99. The average Bonchev–Trinajstić information content (AvgIpc) is 2.59. The van der Waals surface area contributed by atoms with Gasteiger partial charge in [0.25, 0.3) is 0 Å². The van der Waals surface area contributed by atoms with Gasteiger partial charge in [-0.2, -0.15) is 0 Å². The highest BCUT2D eigenvalue weighted by molar-refractivity contribution is 7.94. The molecule has 1 aromatic heterocycles. The molecular weight excluding hydrogens is 224 g/mol. The first-order chi connectivity index (χ1) is 7.57. The van der Waals surface area contributed by atoms with Crippen molar-refractivity contribution >= 4 is 9.84 Å². The van der Waals surface area contributed by atoms with Gasteiger partial charge in [0.15, 0.2) is 9.84 Å². The highest BCUT2D eigenvalue weighted by Gasteiger charge is 2.23. The molecule has 0 spiro atoms. The lowest BCUT2D eigenvalue weighted by atomic mass is 10.2. The van der Waals surface area contributed by atoms with Gasteiger partial charge in [0, 0.05) is 23.7 Å². The van der Waals surface area contributed by atoms with Gasteiger partial charge in [-0.25, -0.2) is 8.42 Å². The van der Waals surface area contributed by atoms with Crippen molar-refractivity contribution < 1.29 is 8.42 Å². The van der Waals surface area contributed by atoms with Crippen LogP contribution in [-0.2, 0) is 9.84 Å². The lowest BCUT2D eigenvalue weighted by molar-refractivity contribution is 0.525. The zero-order chi connectivity index (χ0) is 11.6. The Balaban J connectivity index is 2.00. The second-order valence-corrected chi connectivity index (χ2v) is 5.84. The summed E-state index contributed by atoms with van der Waals surface area (Å²) < 4.78 is 22.4. The molecule has 2 rings (SSSR count). The lowest BCUT2D eigenvalue weighted by Crippen LogP contribution is -2.32. The van der Waals surface area contributed by atoms with Gasteiger partial charge in [-0.1, -0.05) is 12.1 Å². The van der Waals surface area contributed by atoms with Crippen LogP contribution in [0.15, 0.2) is 35.9 Å². The largest absolute Gasteiger partial charge is 0.301 e. The second-order valence-electron chi connectivity index (χ2n) is 3.91. The van der Waals surface area contributed by atoms with Crippen LogP contribution in [0.4, 0.5) is 0 Å². The van der Waals surface area contributed by atoms with Gasteiger partial charge in [-0.05, 0) is 19.1 Å². The Morgan fingerprint density at radius 2 is 2.31 bits per heavy atom. The monoisotopic (exact) mass is 238 g/mol. The van der Waals surface area contributed by atoms with Crippen molar-refractivity contribution in [3.8, 4) is 0 Å². The number of nitrogens with zero attached hydrogens (tertiary/aromatic N) is 1. The third-order valence-corrected chi connectivity index (χ3v) is 3.92. The third-order valence-electron chi connectivity index (χ3n) is 2.53. The lowest BCUT2D eigenvalue weighted by Gasteiger charge is -2.16. The summed E-state index contributed by atoms with van der Waals surface area (Å²) in [6.07, 6.45) is 3.42. The number of hydrogen-bond donors (Lipinski definition) is 1. The van der Waals surface area contributed by atoms with Crippen LogP contribution in [0.1, 0.15) is 18.7 Å². The van der Waals surface area contributed by atoms with Crippen LogP contribution in [0.25, 0.3) is 0 Å². The van der Waals surface area contributed by atoms with Gasteiger partial charge in [0.05, 0.1) is 11.4 Å². The molecule has 0 aromatic carbocycles. The highest BCUT2D eigenvalue weighted by Crippen LogP contribution is 2.14. The number of pyridine rings is 1. The number of rotatable bonds is 3. The van der Waals surface area contributed by atoms with Crippen molar-refractivity contribution in [2.45, 2.75) is 19.0 Å². The molecule has 5 heteroatoms. The Morgan fingerprint density at radius 1 is 1.50 bits per heavy atom. The quantitative estimate of drug-likeness (QED) is 0.855. The highest BCUT2D eigenvalue weighted by atomic mass is 32.2. The molecule has 1 aliphatic heterocycles. The minimum atomic E-state index is -2.99. The van der Waals surface area contributed by atoms with Crippen LogP contribution < -0.4 is 5.32 Å². The number of nitrogens with one attached hydrogen (secondary N) is 1. The van der Waals surface area contributed by atoms with E-state index in [0.29, 0.717) is 0 Å². The van der Waals surface area contributed by atoms with Crippen LogP contribution in [-0.4, -0.2) is 25.2 Å². The van der Waals surface area contributed by atoms with Gasteiger partial charge in [0.1, 0.15) is 0 Å². The summed E-state index contributed by atoms with van der Waals surface area (Å²) in [5, 5.41) is 4.50. The SMILES string of the molecule is CC(NC1C=CS(=O)(=O)C1)c1ccccn1. The van der Waals surface area contributed by atoms with E-state index in [9.17, 15) is 8.42 Å². The number of hydrogen-bond acceptors (Lipinski definition) is 4. The maximum atomic E-state index is 11.2. The van der Waals surface area contributed by atoms with E-state index in [2.05, 4.69) is 10.3 Å².